The third-order valence-corrected chi connectivity index (χ3v) is 25.8. The van der Waals surface area contributed by atoms with Gasteiger partial charge in [0, 0.05) is 54.5 Å². The number of unbranched alkanes of at least 4 members (excludes halogenated alkanes) is 25. The third kappa shape index (κ3) is 31.9. The molecule has 738 valence electrons. The molecule has 21 nitrogen and oxygen atoms in total. The lowest BCUT2D eigenvalue weighted by molar-refractivity contribution is 0.290. The molecule has 0 amide bonds. The van der Waals surface area contributed by atoms with Crippen LogP contribution in [0.25, 0.3) is 102 Å². The van der Waals surface area contributed by atoms with Crippen molar-refractivity contribution in [3.63, 3.8) is 0 Å². The van der Waals surface area contributed by atoms with Crippen LogP contribution in [0.1, 0.15) is 308 Å². The van der Waals surface area contributed by atoms with Crippen LogP contribution in [0.15, 0.2) is 164 Å². The van der Waals surface area contributed by atoms with Crippen molar-refractivity contribution < 1.29 is 60.9 Å². The van der Waals surface area contributed by atoms with Crippen LogP contribution in [0.4, 0.5) is 0 Å². The first kappa shape index (κ1) is 107. The SMILES string of the molecule is C.CCCCCCCCOc1ccc(-c2nc(-c3ccc4c(c3)CCCC4)nc(-c3ccc(OCCCCCCCC)cc3O)n2)c(O)c1.CCCCCCCCOc1ccc(-c2nc(-c3ccc4c(c3)CCCC4)nc(-c3ccc(OCCCCCCCC)cc3OCCCCCCCC)n2)c(O)c1.I.Oc1ccc(-c2nc(-c3ccc4c(c3)CCCC4)nc(-c3ccc(O)cc3O)n2)c(O)c1.[HH]. The number of hydrogen-bond donors (Lipinski definition) is 7. The molecule has 0 radical (unpaired) electrons. The lowest BCUT2D eigenvalue weighted by Gasteiger charge is -2.17. The Morgan fingerprint density at radius 1 is 0.217 bits per heavy atom. The number of benzene rings is 9. The Bertz CT molecular complexity index is 5650. The molecule has 7 N–H and O–H groups in total. The van der Waals surface area contributed by atoms with Gasteiger partial charge in [-0.2, -0.15) is 0 Å². The quantitative estimate of drug-likeness (QED) is 0.0138. The highest BCUT2D eigenvalue weighted by Crippen LogP contribution is 2.43. The summed E-state index contributed by atoms with van der Waals surface area (Å²) in [5.74, 6) is 6.46. The summed E-state index contributed by atoms with van der Waals surface area (Å²) in [5.41, 5.74) is 13.6. The highest BCUT2D eigenvalue weighted by atomic mass is 127. The zero-order valence-corrected chi connectivity index (χ0v) is 83.8. The first-order valence-corrected chi connectivity index (χ1v) is 51.1. The molecule has 22 heteroatoms. The van der Waals surface area contributed by atoms with Gasteiger partial charge in [-0.15, -0.1) is 24.0 Å². The van der Waals surface area contributed by atoms with E-state index in [2.05, 4.69) is 98.1 Å². The Kier molecular flexibility index (Phi) is 44.1. The lowest BCUT2D eigenvalue weighted by atomic mass is 9.90. The average Bonchev–Trinajstić information content (AvgIpc) is 0.783. The molecule has 0 spiro atoms. The second kappa shape index (κ2) is 57.0. The van der Waals surface area contributed by atoms with Crippen molar-refractivity contribution in [3.8, 4) is 171 Å². The number of phenols is 7. The standard InChI is InChI=1S/C49H69N3O4.C41H53N3O4.C25H21N3O4.CH4.HI.H2/c1-4-7-10-13-16-21-32-54-41-28-30-43(45(53)36-41)48-50-47(40-27-26-38-24-19-20-25-39(38)35-40)51-49(52-48)44-31-29-42(55-33-22-17-14-11-8-5-2)37-46(44)56-34-23-18-15-12-9-6-3;1-3-5-7-9-11-15-25-47-33-21-23-35(37(45)28-33)40-42-39(32-20-19-30-17-13-14-18-31(30)27-32)43-41(44-40)36-24-22-34(29-38(36)46)48-26-16-12-10-8-6-4-2;29-17-7-9-19(21(31)12-17)24-26-23(16-6-5-14-3-1-2-4-15(14)11-16)27-25(28-24)20-10-8-18(30)13-22(20)32;;;/h26-31,35-37,53H,4-25,32-34H2,1-3H3;19-24,27-29,45-46H,3-18,25-26H2,1-2H3;5-13,29-32H,1-4H2;1H4;2*1H. The van der Waals surface area contributed by atoms with E-state index in [0.717, 1.165) is 131 Å². The molecular weight excluding hydrogens is 1840 g/mol. The van der Waals surface area contributed by atoms with Gasteiger partial charge < -0.3 is 59.4 Å². The minimum Gasteiger partial charge on any atom is -0.508 e. The van der Waals surface area contributed by atoms with Crippen molar-refractivity contribution in [2.75, 3.05) is 33.0 Å². The number of aryl methyl sites for hydroxylation is 6. The summed E-state index contributed by atoms with van der Waals surface area (Å²) in [6, 6.07) is 49.5. The second-order valence-electron chi connectivity index (χ2n) is 36.7. The van der Waals surface area contributed by atoms with Gasteiger partial charge in [0.25, 0.3) is 0 Å². The number of ether oxygens (including phenoxy) is 5. The van der Waals surface area contributed by atoms with Crippen LogP contribution in [-0.4, -0.2) is 114 Å². The lowest BCUT2D eigenvalue weighted by Crippen LogP contribution is -2.06. The molecule has 0 aliphatic heterocycles. The van der Waals surface area contributed by atoms with Gasteiger partial charge >= 0.3 is 0 Å². The van der Waals surface area contributed by atoms with E-state index >= 15 is 0 Å². The predicted octanol–water partition coefficient (Wildman–Crippen LogP) is 30.4. The first-order valence-electron chi connectivity index (χ1n) is 51.1. The van der Waals surface area contributed by atoms with Crippen molar-refractivity contribution in [3.05, 3.63) is 197 Å². The molecule has 138 heavy (non-hydrogen) atoms. The Morgan fingerprint density at radius 2 is 0.435 bits per heavy atom. The summed E-state index contributed by atoms with van der Waals surface area (Å²) in [5, 5.41) is 73.7. The van der Waals surface area contributed by atoms with E-state index in [1.807, 2.05) is 48.5 Å². The molecule has 15 rings (SSSR count). The fraction of sp³-hybridized carbons (Fsp3) is 0.457. The highest BCUT2D eigenvalue weighted by molar-refractivity contribution is 14.0. The molecule has 0 fully saturated rings. The maximum atomic E-state index is 11.4. The zero-order chi connectivity index (χ0) is 95.0. The summed E-state index contributed by atoms with van der Waals surface area (Å²) in [7, 11) is 0. The molecule has 0 saturated carbocycles. The summed E-state index contributed by atoms with van der Waals surface area (Å²) >= 11 is 0. The van der Waals surface area contributed by atoms with Crippen molar-refractivity contribution in [2.45, 2.75) is 312 Å². The van der Waals surface area contributed by atoms with Crippen molar-refractivity contribution in [1.82, 2.24) is 44.9 Å². The van der Waals surface area contributed by atoms with Gasteiger partial charge in [-0.3, -0.25) is 0 Å². The molecule has 3 aliphatic carbocycles. The fourth-order valence-electron chi connectivity index (χ4n) is 17.9. The maximum absolute atomic E-state index is 11.4. The van der Waals surface area contributed by atoms with E-state index in [-0.39, 0.29) is 84.7 Å². The van der Waals surface area contributed by atoms with Gasteiger partial charge in [0.15, 0.2) is 52.4 Å². The van der Waals surface area contributed by atoms with E-state index < -0.39 is 0 Å². The maximum Gasteiger partial charge on any atom is 0.167 e. The minimum atomic E-state index is -0.173. The molecule has 3 heterocycles. The minimum absolute atomic E-state index is 0. The normalized spacial score (nSPS) is 12.4. The Labute approximate surface area is 837 Å². The number of hydrogen-bond acceptors (Lipinski definition) is 21. The number of fused-ring (bicyclic) bond motifs is 3. The molecule has 3 aromatic heterocycles. The third-order valence-electron chi connectivity index (χ3n) is 25.8. The molecule has 0 unspecified atom stereocenters. The first-order chi connectivity index (χ1) is 66.6. The molecule has 9 aromatic carbocycles. The van der Waals surface area contributed by atoms with Crippen LogP contribution in [-0.2, 0) is 38.5 Å². The molecule has 3 aliphatic rings. The molecule has 12 aromatic rings. The van der Waals surface area contributed by atoms with Crippen molar-refractivity contribution in [2.24, 2.45) is 0 Å². The predicted molar refractivity (Wildman–Crippen MR) is 569 cm³/mol. The Morgan fingerprint density at radius 3 is 0.703 bits per heavy atom. The van der Waals surface area contributed by atoms with Gasteiger partial charge in [-0.05, 0) is 234 Å². The van der Waals surface area contributed by atoms with Crippen LogP contribution >= 0.6 is 24.0 Å². The zero-order valence-electron chi connectivity index (χ0n) is 81.4. The largest absolute Gasteiger partial charge is 0.508 e. The van der Waals surface area contributed by atoms with E-state index in [9.17, 15) is 35.7 Å². The van der Waals surface area contributed by atoms with Crippen molar-refractivity contribution in [1.29, 1.82) is 0 Å². The Hall–Kier alpha value is -11.7. The molecule has 0 saturated heterocycles. The van der Waals surface area contributed by atoms with Crippen LogP contribution in [0.2, 0.25) is 0 Å². The van der Waals surface area contributed by atoms with E-state index in [4.69, 9.17) is 53.6 Å². The fourth-order valence-corrected chi connectivity index (χ4v) is 17.9. The summed E-state index contributed by atoms with van der Waals surface area (Å²) in [6.45, 7) is 14.3. The number of aromatic hydroxyl groups is 7. The number of halogens is 1. The Balaban J connectivity index is 0.000000219. The van der Waals surface area contributed by atoms with Gasteiger partial charge in [0.2, 0.25) is 0 Å². The average molecular weight is 1990 g/mol. The van der Waals surface area contributed by atoms with Crippen LogP contribution in [0.5, 0.6) is 69.0 Å². The smallest absolute Gasteiger partial charge is 0.167 e. The van der Waals surface area contributed by atoms with Crippen LogP contribution in [0.3, 0.4) is 0 Å². The van der Waals surface area contributed by atoms with Gasteiger partial charge in [-0.1, -0.05) is 239 Å². The topological polar surface area (TPSA) is 304 Å². The van der Waals surface area contributed by atoms with Crippen LogP contribution in [0, 0.1) is 0 Å². The summed E-state index contributed by atoms with van der Waals surface area (Å²) in [6.07, 6.45) is 49.4. The molecule has 0 bridgehead atoms. The monoisotopic (exact) mass is 1990 g/mol. The van der Waals surface area contributed by atoms with Crippen molar-refractivity contribution >= 4 is 24.0 Å². The van der Waals surface area contributed by atoms with Gasteiger partial charge in [-0.25, -0.2) is 44.9 Å². The van der Waals surface area contributed by atoms with E-state index in [0.29, 0.717) is 125 Å². The number of rotatable bonds is 49. The number of phenolic OH excluding ortho intramolecular Hbond substituents is 7. The summed E-state index contributed by atoms with van der Waals surface area (Å²) < 4.78 is 30.7. The second-order valence-corrected chi connectivity index (χ2v) is 36.7. The highest BCUT2D eigenvalue weighted by Gasteiger charge is 2.26. The summed E-state index contributed by atoms with van der Waals surface area (Å²) in [4.78, 5) is 43.2. The van der Waals surface area contributed by atoms with Gasteiger partial charge in [0.1, 0.15) is 69.0 Å². The van der Waals surface area contributed by atoms with E-state index in [1.165, 1.54) is 237 Å². The van der Waals surface area contributed by atoms with Crippen LogP contribution < -0.4 is 23.7 Å². The van der Waals surface area contributed by atoms with E-state index in [1.54, 1.807) is 30.3 Å². The van der Waals surface area contributed by atoms with Gasteiger partial charge in [0.05, 0.1) is 66.4 Å². The number of nitrogens with zero attached hydrogens (tertiary/aromatic N) is 9. The molecular formula is C116H150IN9O12. The number of aromatic nitrogens is 9. The molecule has 0 atom stereocenters.